The standard InChI is InChI=1S/C7H10OS2/c1-5-3-2-4-6(9)7(5)8-10/h2,4-5,9-10H,3H2,1H3. The monoisotopic (exact) mass is 174 g/mol. The molecule has 0 aromatic carbocycles. The van der Waals surface area contributed by atoms with E-state index in [9.17, 15) is 0 Å². The van der Waals surface area contributed by atoms with E-state index in [1.807, 2.05) is 6.08 Å². The first kappa shape index (κ1) is 8.08. The van der Waals surface area contributed by atoms with Crippen LogP contribution in [0, 0.1) is 5.92 Å². The Morgan fingerprint density at radius 1 is 1.70 bits per heavy atom. The second kappa shape index (κ2) is 3.39. The predicted octanol–water partition coefficient (Wildman–Crippen LogP) is 2.59. The molecule has 0 N–H and O–H groups in total. The summed E-state index contributed by atoms with van der Waals surface area (Å²) in [5.74, 6) is 1.28. The third-order valence-electron chi connectivity index (χ3n) is 1.56. The summed E-state index contributed by atoms with van der Waals surface area (Å²) in [6.07, 6.45) is 5.04. The highest BCUT2D eigenvalue weighted by atomic mass is 32.1. The summed E-state index contributed by atoms with van der Waals surface area (Å²) in [7, 11) is 0. The minimum absolute atomic E-state index is 0.412. The van der Waals surface area contributed by atoms with Crippen molar-refractivity contribution >= 4 is 25.5 Å². The molecule has 1 aliphatic rings. The van der Waals surface area contributed by atoms with Crippen molar-refractivity contribution < 1.29 is 4.18 Å². The van der Waals surface area contributed by atoms with Crippen molar-refractivity contribution in [3.05, 3.63) is 22.8 Å². The van der Waals surface area contributed by atoms with Gasteiger partial charge in [0.15, 0.2) is 0 Å². The van der Waals surface area contributed by atoms with Crippen LogP contribution in [0.1, 0.15) is 13.3 Å². The van der Waals surface area contributed by atoms with Crippen LogP contribution < -0.4 is 0 Å². The maximum atomic E-state index is 4.86. The van der Waals surface area contributed by atoms with Gasteiger partial charge < -0.3 is 4.18 Å². The van der Waals surface area contributed by atoms with Crippen molar-refractivity contribution in [1.82, 2.24) is 0 Å². The lowest BCUT2D eigenvalue weighted by molar-refractivity contribution is 0.410. The minimum atomic E-state index is 0.412. The van der Waals surface area contributed by atoms with Gasteiger partial charge in [-0.25, -0.2) is 0 Å². The summed E-state index contributed by atoms with van der Waals surface area (Å²) in [6.45, 7) is 2.09. The third-order valence-corrected chi connectivity index (χ3v) is 2.13. The van der Waals surface area contributed by atoms with E-state index in [0.717, 1.165) is 17.1 Å². The molecule has 1 atom stereocenters. The average Bonchev–Trinajstić information content (AvgIpc) is 1.88. The van der Waals surface area contributed by atoms with Gasteiger partial charge in [-0.2, -0.15) is 0 Å². The first-order chi connectivity index (χ1) is 4.75. The molecule has 0 spiro atoms. The highest BCUT2D eigenvalue weighted by Crippen LogP contribution is 2.28. The normalized spacial score (nSPS) is 25.3. The molecule has 1 aliphatic carbocycles. The Morgan fingerprint density at radius 3 is 2.80 bits per heavy atom. The van der Waals surface area contributed by atoms with Crippen LogP contribution in [0.15, 0.2) is 22.8 Å². The molecule has 0 aromatic heterocycles. The molecule has 0 amide bonds. The van der Waals surface area contributed by atoms with E-state index in [0.29, 0.717) is 5.92 Å². The molecule has 1 unspecified atom stereocenters. The lowest BCUT2D eigenvalue weighted by Crippen LogP contribution is -2.03. The summed E-state index contributed by atoms with van der Waals surface area (Å²) >= 11 is 7.96. The molecule has 0 fully saturated rings. The van der Waals surface area contributed by atoms with Crippen LogP contribution in [0.5, 0.6) is 0 Å². The zero-order valence-electron chi connectivity index (χ0n) is 5.74. The summed E-state index contributed by atoms with van der Waals surface area (Å²) in [5.41, 5.74) is 0. The van der Waals surface area contributed by atoms with E-state index >= 15 is 0 Å². The van der Waals surface area contributed by atoms with Crippen molar-refractivity contribution in [3.63, 3.8) is 0 Å². The van der Waals surface area contributed by atoms with E-state index in [1.54, 1.807) is 0 Å². The van der Waals surface area contributed by atoms with Gasteiger partial charge in [-0.15, -0.1) is 12.6 Å². The number of rotatable bonds is 1. The van der Waals surface area contributed by atoms with Crippen LogP contribution in [0.2, 0.25) is 0 Å². The maximum Gasteiger partial charge on any atom is 0.130 e. The van der Waals surface area contributed by atoms with Crippen LogP contribution in [0.25, 0.3) is 0 Å². The Balaban J connectivity index is 2.83. The molecule has 0 aromatic rings. The number of allylic oxidation sites excluding steroid dienone is 3. The van der Waals surface area contributed by atoms with Crippen LogP contribution in [0.4, 0.5) is 0 Å². The quantitative estimate of drug-likeness (QED) is 0.459. The van der Waals surface area contributed by atoms with E-state index < -0.39 is 0 Å². The molecular formula is C7H10OS2. The second-order valence-corrected chi connectivity index (χ2v) is 3.04. The topological polar surface area (TPSA) is 9.23 Å². The van der Waals surface area contributed by atoms with Crippen LogP contribution >= 0.6 is 25.5 Å². The smallest absolute Gasteiger partial charge is 0.130 e. The van der Waals surface area contributed by atoms with Gasteiger partial charge in [0, 0.05) is 23.7 Å². The van der Waals surface area contributed by atoms with E-state index in [-0.39, 0.29) is 0 Å². The lowest BCUT2D eigenvalue weighted by Gasteiger charge is -2.16. The molecule has 10 heavy (non-hydrogen) atoms. The van der Waals surface area contributed by atoms with Gasteiger partial charge in [0.25, 0.3) is 0 Å². The van der Waals surface area contributed by atoms with Crippen molar-refractivity contribution in [2.24, 2.45) is 5.92 Å². The van der Waals surface area contributed by atoms with Crippen molar-refractivity contribution in [3.8, 4) is 0 Å². The Labute approximate surface area is 72.2 Å². The zero-order valence-corrected chi connectivity index (χ0v) is 7.53. The fourth-order valence-corrected chi connectivity index (χ4v) is 1.68. The predicted molar refractivity (Wildman–Crippen MR) is 49.0 cm³/mol. The zero-order chi connectivity index (χ0) is 7.56. The maximum absolute atomic E-state index is 4.86. The highest BCUT2D eigenvalue weighted by molar-refractivity contribution is 7.84. The van der Waals surface area contributed by atoms with E-state index in [4.69, 9.17) is 4.18 Å². The Hall–Kier alpha value is -0.0200. The summed E-state index contributed by atoms with van der Waals surface area (Å²) < 4.78 is 4.86. The first-order valence-electron chi connectivity index (χ1n) is 3.16. The molecule has 0 radical (unpaired) electrons. The van der Waals surface area contributed by atoms with E-state index in [1.165, 1.54) is 0 Å². The first-order valence-corrected chi connectivity index (χ1v) is 3.98. The van der Waals surface area contributed by atoms with Crippen LogP contribution in [-0.4, -0.2) is 0 Å². The largest absolute Gasteiger partial charge is 0.432 e. The second-order valence-electron chi connectivity index (χ2n) is 2.38. The van der Waals surface area contributed by atoms with Gasteiger partial charge >= 0.3 is 0 Å². The van der Waals surface area contributed by atoms with Crippen molar-refractivity contribution in [1.29, 1.82) is 0 Å². The fraction of sp³-hybridized carbons (Fsp3) is 0.429. The number of hydrogen-bond acceptors (Lipinski definition) is 3. The van der Waals surface area contributed by atoms with E-state index in [2.05, 4.69) is 38.5 Å². The molecule has 0 saturated carbocycles. The third kappa shape index (κ3) is 1.52. The molecular weight excluding hydrogens is 164 g/mol. The van der Waals surface area contributed by atoms with Gasteiger partial charge in [-0.3, -0.25) is 0 Å². The number of hydrogen-bond donors (Lipinski definition) is 2. The van der Waals surface area contributed by atoms with Gasteiger partial charge in [-0.1, -0.05) is 13.0 Å². The molecule has 0 heterocycles. The molecule has 56 valence electrons. The van der Waals surface area contributed by atoms with Gasteiger partial charge in [0.05, 0.1) is 0 Å². The average molecular weight is 174 g/mol. The van der Waals surface area contributed by atoms with Gasteiger partial charge in [-0.05, 0) is 12.5 Å². The Kier molecular flexibility index (Phi) is 2.74. The van der Waals surface area contributed by atoms with Crippen molar-refractivity contribution in [2.75, 3.05) is 0 Å². The van der Waals surface area contributed by atoms with Crippen LogP contribution in [-0.2, 0) is 4.18 Å². The molecule has 0 aliphatic heterocycles. The summed E-state index contributed by atoms with van der Waals surface area (Å²) in [4.78, 5) is 0.883. The summed E-state index contributed by atoms with van der Waals surface area (Å²) in [5, 5.41) is 0. The highest BCUT2D eigenvalue weighted by Gasteiger charge is 2.14. The minimum Gasteiger partial charge on any atom is -0.432 e. The molecule has 0 saturated heterocycles. The molecule has 1 nitrogen and oxygen atoms in total. The molecule has 0 bridgehead atoms. The SMILES string of the molecule is CC1CC=CC(S)=C1OS. The lowest BCUT2D eigenvalue weighted by atomic mass is 10.0. The van der Waals surface area contributed by atoms with Gasteiger partial charge in [0.2, 0.25) is 0 Å². The van der Waals surface area contributed by atoms with Gasteiger partial charge in [0.1, 0.15) is 5.76 Å². The van der Waals surface area contributed by atoms with Crippen molar-refractivity contribution in [2.45, 2.75) is 13.3 Å². The Bertz CT molecular complexity index is 184. The van der Waals surface area contributed by atoms with Crippen LogP contribution in [0.3, 0.4) is 0 Å². The Morgan fingerprint density at radius 2 is 2.40 bits per heavy atom. The number of thiol groups is 2. The molecule has 1 rings (SSSR count). The summed E-state index contributed by atoms with van der Waals surface area (Å²) in [6, 6.07) is 0. The fourth-order valence-electron chi connectivity index (χ4n) is 0.962. The molecule has 3 heteroatoms.